The van der Waals surface area contributed by atoms with E-state index >= 15 is 0 Å². The first kappa shape index (κ1) is 11.5. The fourth-order valence-corrected chi connectivity index (χ4v) is 2.05. The largest absolute Gasteiger partial charge is 0.481 e. The standard InChI is InChI=1S/C10H19NO3/c12-8-2-1-3-10(9(13)14)4-6-11-7-5-10/h11-12H,1-8H2,(H,13,14). The van der Waals surface area contributed by atoms with Crippen LogP contribution in [-0.4, -0.2) is 35.9 Å². The van der Waals surface area contributed by atoms with Crippen LogP contribution in [0.5, 0.6) is 0 Å². The molecule has 0 saturated carbocycles. The van der Waals surface area contributed by atoms with Gasteiger partial charge in [-0.15, -0.1) is 0 Å². The molecule has 0 aromatic rings. The molecular formula is C10H19NO3. The number of carboxylic acids is 1. The Labute approximate surface area is 84.3 Å². The predicted molar refractivity (Wildman–Crippen MR) is 53.1 cm³/mol. The van der Waals surface area contributed by atoms with Gasteiger partial charge in [0.25, 0.3) is 0 Å². The van der Waals surface area contributed by atoms with Crippen LogP contribution in [0, 0.1) is 5.41 Å². The quantitative estimate of drug-likeness (QED) is 0.570. The number of carbonyl (C=O) groups is 1. The summed E-state index contributed by atoms with van der Waals surface area (Å²) < 4.78 is 0. The number of aliphatic hydroxyl groups excluding tert-OH is 1. The van der Waals surface area contributed by atoms with Crippen LogP contribution in [-0.2, 0) is 4.79 Å². The average Bonchev–Trinajstić information content (AvgIpc) is 2.19. The average molecular weight is 201 g/mol. The van der Waals surface area contributed by atoms with Gasteiger partial charge in [-0.3, -0.25) is 4.79 Å². The molecule has 1 rings (SSSR count). The molecule has 1 saturated heterocycles. The summed E-state index contributed by atoms with van der Waals surface area (Å²) in [6.07, 6.45) is 3.65. The first-order chi connectivity index (χ1) is 6.71. The fourth-order valence-electron chi connectivity index (χ4n) is 2.05. The third-order valence-corrected chi connectivity index (χ3v) is 3.08. The second-order valence-electron chi connectivity index (χ2n) is 4.02. The molecule has 4 heteroatoms. The first-order valence-electron chi connectivity index (χ1n) is 5.26. The van der Waals surface area contributed by atoms with E-state index < -0.39 is 11.4 Å². The zero-order valence-electron chi connectivity index (χ0n) is 8.46. The van der Waals surface area contributed by atoms with Crippen LogP contribution in [0.4, 0.5) is 0 Å². The number of unbranched alkanes of at least 4 members (excludes halogenated alkanes) is 1. The lowest BCUT2D eigenvalue weighted by Crippen LogP contribution is -2.42. The number of hydrogen-bond acceptors (Lipinski definition) is 3. The molecule has 0 aromatic carbocycles. The minimum Gasteiger partial charge on any atom is -0.481 e. The molecule has 0 atom stereocenters. The third-order valence-electron chi connectivity index (χ3n) is 3.08. The Kier molecular flexibility index (Phi) is 4.35. The van der Waals surface area contributed by atoms with Crippen molar-refractivity contribution in [1.29, 1.82) is 0 Å². The maximum absolute atomic E-state index is 11.2. The molecule has 0 unspecified atom stereocenters. The topological polar surface area (TPSA) is 69.6 Å². The normalized spacial score (nSPS) is 20.6. The van der Waals surface area contributed by atoms with Crippen molar-refractivity contribution in [3.05, 3.63) is 0 Å². The summed E-state index contributed by atoms with van der Waals surface area (Å²) in [4.78, 5) is 11.2. The predicted octanol–water partition coefficient (Wildman–Crippen LogP) is 0.603. The lowest BCUT2D eigenvalue weighted by Gasteiger charge is -2.33. The molecule has 0 aromatic heterocycles. The van der Waals surface area contributed by atoms with Crippen LogP contribution in [0.15, 0.2) is 0 Å². The molecule has 0 spiro atoms. The van der Waals surface area contributed by atoms with Crippen LogP contribution in [0.25, 0.3) is 0 Å². The second-order valence-corrected chi connectivity index (χ2v) is 4.02. The molecule has 3 N–H and O–H groups in total. The molecule has 4 nitrogen and oxygen atoms in total. The maximum Gasteiger partial charge on any atom is 0.309 e. The van der Waals surface area contributed by atoms with Gasteiger partial charge >= 0.3 is 5.97 Å². The molecule has 0 bridgehead atoms. The molecule has 0 aliphatic carbocycles. The van der Waals surface area contributed by atoms with Gasteiger partial charge in [-0.2, -0.15) is 0 Å². The van der Waals surface area contributed by atoms with Gasteiger partial charge in [-0.1, -0.05) is 6.42 Å². The smallest absolute Gasteiger partial charge is 0.309 e. The number of aliphatic hydroxyl groups is 1. The summed E-state index contributed by atoms with van der Waals surface area (Å²) in [5, 5.41) is 21.0. The van der Waals surface area contributed by atoms with Crippen molar-refractivity contribution in [1.82, 2.24) is 5.32 Å². The van der Waals surface area contributed by atoms with Gasteiger partial charge in [0.2, 0.25) is 0 Å². The van der Waals surface area contributed by atoms with Crippen molar-refractivity contribution < 1.29 is 15.0 Å². The van der Waals surface area contributed by atoms with Crippen LogP contribution >= 0.6 is 0 Å². The first-order valence-corrected chi connectivity index (χ1v) is 5.26. The highest BCUT2D eigenvalue weighted by atomic mass is 16.4. The highest BCUT2D eigenvalue weighted by Crippen LogP contribution is 2.34. The molecule has 1 aliphatic heterocycles. The summed E-state index contributed by atoms with van der Waals surface area (Å²) in [5.41, 5.74) is -0.527. The second kappa shape index (κ2) is 5.32. The van der Waals surface area contributed by atoms with Gasteiger partial charge in [-0.05, 0) is 38.8 Å². The van der Waals surface area contributed by atoms with E-state index in [0.717, 1.165) is 19.5 Å². The van der Waals surface area contributed by atoms with E-state index in [0.29, 0.717) is 25.7 Å². The van der Waals surface area contributed by atoms with Crippen LogP contribution in [0.1, 0.15) is 32.1 Å². The van der Waals surface area contributed by atoms with E-state index in [1.807, 2.05) is 0 Å². The molecular weight excluding hydrogens is 182 g/mol. The SMILES string of the molecule is O=C(O)C1(CCCCO)CCNCC1. The van der Waals surface area contributed by atoms with Crippen molar-refractivity contribution in [2.75, 3.05) is 19.7 Å². The molecule has 1 fully saturated rings. The lowest BCUT2D eigenvalue weighted by molar-refractivity contribution is -0.151. The molecule has 0 radical (unpaired) electrons. The number of nitrogens with one attached hydrogen (secondary N) is 1. The van der Waals surface area contributed by atoms with E-state index in [1.54, 1.807) is 0 Å². The van der Waals surface area contributed by atoms with Crippen molar-refractivity contribution >= 4 is 5.97 Å². The Hall–Kier alpha value is -0.610. The molecule has 14 heavy (non-hydrogen) atoms. The molecule has 0 amide bonds. The third kappa shape index (κ3) is 2.69. The summed E-state index contributed by atoms with van der Waals surface area (Å²) in [6, 6.07) is 0. The Morgan fingerprint density at radius 2 is 1.93 bits per heavy atom. The van der Waals surface area contributed by atoms with Crippen molar-refractivity contribution in [3.63, 3.8) is 0 Å². The number of piperidine rings is 1. The van der Waals surface area contributed by atoms with E-state index in [4.69, 9.17) is 5.11 Å². The summed E-state index contributed by atoms with van der Waals surface area (Å²) in [5.74, 6) is -0.670. The van der Waals surface area contributed by atoms with Crippen molar-refractivity contribution in [2.45, 2.75) is 32.1 Å². The zero-order valence-corrected chi connectivity index (χ0v) is 8.46. The fraction of sp³-hybridized carbons (Fsp3) is 0.900. The maximum atomic E-state index is 11.2. The number of aliphatic carboxylic acids is 1. The van der Waals surface area contributed by atoms with Crippen LogP contribution in [0.2, 0.25) is 0 Å². The van der Waals surface area contributed by atoms with Gasteiger partial charge in [0, 0.05) is 6.61 Å². The van der Waals surface area contributed by atoms with Crippen molar-refractivity contribution in [2.24, 2.45) is 5.41 Å². The van der Waals surface area contributed by atoms with Gasteiger partial charge in [-0.25, -0.2) is 0 Å². The number of rotatable bonds is 5. The molecule has 1 aliphatic rings. The van der Waals surface area contributed by atoms with Crippen molar-refractivity contribution in [3.8, 4) is 0 Å². The van der Waals surface area contributed by atoms with Gasteiger partial charge in [0.15, 0.2) is 0 Å². The summed E-state index contributed by atoms with van der Waals surface area (Å²) in [7, 11) is 0. The zero-order chi connectivity index (χ0) is 10.4. The van der Waals surface area contributed by atoms with E-state index in [-0.39, 0.29) is 6.61 Å². The number of hydrogen-bond donors (Lipinski definition) is 3. The molecule has 1 heterocycles. The Morgan fingerprint density at radius 3 is 2.43 bits per heavy atom. The van der Waals surface area contributed by atoms with E-state index in [2.05, 4.69) is 5.32 Å². The van der Waals surface area contributed by atoms with Crippen LogP contribution in [0.3, 0.4) is 0 Å². The molecule has 82 valence electrons. The summed E-state index contributed by atoms with van der Waals surface area (Å²) in [6.45, 7) is 1.75. The minimum absolute atomic E-state index is 0.161. The van der Waals surface area contributed by atoms with E-state index in [1.165, 1.54) is 0 Å². The Morgan fingerprint density at radius 1 is 1.29 bits per heavy atom. The summed E-state index contributed by atoms with van der Waals surface area (Å²) >= 11 is 0. The van der Waals surface area contributed by atoms with Gasteiger partial charge < -0.3 is 15.5 Å². The highest BCUT2D eigenvalue weighted by molar-refractivity contribution is 5.74. The lowest BCUT2D eigenvalue weighted by atomic mass is 9.75. The highest BCUT2D eigenvalue weighted by Gasteiger charge is 2.38. The van der Waals surface area contributed by atoms with E-state index in [9.17, 15) is 9.90 Å². The minimum atomic E-state index is -0.670. The van der Waals surface area contributed by atoms with Gasteiger partial charge in [0.05, 0.1) is 5.41 Å². The number of carboxylic acid groups (broad SMARTS) is 1. The van der Waals surface area contributed by atoms with Crippen LogP contribution < -0.4 is 5.32 Å². The van der Waals surface area contributed by atoms with Gasteiger partial charge in [0.1, 0.15) is 0 Å². The monoisotopic (exact) mass is 201 g/mol. The Bertz CT molecular complexity index is 188. The Balaban J connectivity index is 2.47.